The second-order valence-corrected chi connectivity index (χ2v) is 17.9. The lowest BCUT2D eigenvalue weighted by Gasteiger charge is -2.29. The first-order valence-corrected chi connectivity index (χ1v) is 22.9. The number of benzene rings is 3. The van der Waals surface area contributed by atoms with Crippen molar-refractivity contribution >= 4 is 69.0 Å². The predicted octanol–water partition coefficient (Wildman–Crippen LogP) is 10.6. The van der Waals surface area contributed by atoms with Gasteiger partial charge in [-0.15, -0.1) is 0 Å². The topological polar surface area (TPSA) is 139 Å². The highest BCUT2D eigenvalue weighted by Crippen LogP contribution is 2.46. The Morgan fingerprint density at radius 2 is 1.60 bits per heavy atom. The molecule has 1 aromatic heterocycles. The third kappa shape index (κ3) is 13.2. The van der Waals surface area contributed by atoms with Gasteiger partial charge in [0.15, 0.2) is 0 Å². The molecular weight excluding hydrogens is 921 g/mol. The molecule has 3 fully saturated rings. The van der Waals surface area contributed by atoms with E-state index in [1.165, 1.54) is 16.6 Å². The molecule has 21 heteroatoms. The quantitative estimate of drug-likeness (QED) is 0.0927. The second kappa shape index (κ2) is 21.6. The van der Waals surface area contributed by atoms with E-state index < -0.39 is 44.6 Å². The molecule has 7 rings (SSSR count). The third-order valence-electron chi connectivity index (χ3n) is 9.12. The molecule has 3 aromatic carbocycles. The average Bonchev–Trinajstić information content (AvgIpc) is 4.01. The van der Waals surface area contributed by atoms with Crippen LogP contribution >= 0.6 is 46.9 Å². The molecule has 2 aliphatic heterocycles. The first kappa shape index (κ1) is 49.0. The fourth-order valence-electron chi connectivity index (χ4n) is 5.55. The minimum Gasteiger partial charge on any atom is -0.489 e. The Labute approximate surface area is 377 Å². The van der Waals surface area contributed by atoms with Gasteiger partial charge < -0.3 is 14.2 Å². The molecule has 0 radical (unpaired) electrons. The van der Waals surface area contributed by atoms with Crippen molar-refractivity contribution in [2.45, 2.75) is 78.2 Å². The van der Waals surface area contributed by atoms with E-state index in [4.69, 9.17) is 49.0 Å². The van der Waals surface area contributed by atoms with Gasteiger partial charge in [0.2, 0.25) is 5.88 Å². The summed E-state index contributed by atoms with van der Waals surface area (Å²) in [5.41, 5.74) is 0.0284. The molecule has 62 heavy (non-hydrogen) atoms. The Hall–Kier alpha value is -4.04. The van der Waals surface area contributed by atoms with E-state index in [-0.39, 0.29) is 46.1 Å². The van der Waals surface area contributed by atoms with Crippen molar-refractivity contribution in [1.82, 2.24) is 23.0 Å². The molecule has 1 saturated carbocycles. The third-order valence-corrected chi connectivity index (χ3v) is 12.5. The number of nitrogens with zero attached hydrogens (tertiary/aromatic N) is 3. The number of hydrogen-bond acceptors (Lipinski definition) is 10. The van der Waals surface area contributed by atoms with Gasteiger partial charge in [-0.2, -0.15) is 25.9 Å². The predicted molar refractivity (Wildman–Crippen MR) is 231 cm³/mol. The van der Waals surface area contributed by atoms with Crippen LogP contribution in [0.1, 0.15) is 96.7 Å². The minimum atomic E-state index is -4.64. The van der Waals surface area contributed by atoms with Crippen LogP contribution < -0.4 is 23.7 Å². The smallest absolute Gasteiger partial charge is 0.417 e. The van der Waals surface area contributed by atoms with Gasteiger partial charge >= 0.3 is 16.4 Å². The van der Waals surface area contributed by atoms with Crippen LogP contribution in [0.4, 0.5) is 17.6 Å². The van der Waals surface area contributed by atoms with E-state index in [1.54, 1.807) is 24.3 Å². The maximum atomic E-state index is 14.3. The number of carbonyl (C=O) groups excluding carboxylic acids is 2. The SMILES string of the molecule is CC.CC(C)Oc1ncc(Oc2ccc(C(=O)NS(=O)(=O)N3CCC3)cc2C2CC2)cc1Cl.O=C(NSN1CCC1)c1cc(Cl)c(COc2ccc(Cl)c(C(F)(F)F)c2)cc1F. The van der Waals surface area contributed by atoms with E-state index >= 15 is 0 Å². The van der Waals surface area contributed by atoms with Gasteiger partial charge in [-0.1, -0.05) is 48.7 Å². The number of amides is 2. The highest BCUT2D eigenvalue weighted by atomic mass is 35.5. The zero-order valence-corrected chi connectivity index (χ0v) is 37.9. The fourth-order valence-corrected chi connectivity index (χ4v) is 8.18. The van der Waals surface area contributed by atoms with E-state index in [1.807, 2.05) is 32.0 Å². The highest BCUT2D eigenvalue weighted by Gasteiger charge is 2.34. The molecule has 0 atom stereocenters. The average molecular weight is 965 g/mol. The summed E-state index contributed by atoms with van der Waals surface area (Å²) < 4.78 is 102. The van der Waals surface area contributed by atoms with Crippen molar-refractivity contribution in [2.75, 3.05) is 26.2 Å². The summed E-state index contributed by atoms with van der Waals surface area (Å²) in [6.45, 7) is 10.0. The molecule has 0 unspecified atom stereocenters. The lowest BCUT2D eigenvalue weighted by molar-refractivity contribution is -0.137. The number of aromatic nitrogens is 1. The maximum Gasteiger partial charge on any atom is 0.417 e. The van der Waals surface area contributed by atoms with Crippen molar-refractivity contribution < 1.29 is 49.8 Å². The van der Waals surface area contributed by atoms with Gasteiger partial charge in [-0.05, 0) is 99.5 Å². The van der Waals surface area contributed by atoms with E-state index in [9.17, 15) is 35.6 Å². The summed E-state index contributed by atoms with van der Waals surface area (Å²) in [5, 5.41) is -0.0673. The van der Waals surface area contributed by atoms with Crippen LogP contribution in [0, 0.1) is 5.82 Å². The van der Waals surface area contributed by atoms with Crippen LogP contribution in [-0.2, 0) is 23.0 Å². The van der Waals surface area contributed by atoms with Crippen molar-refractivity contribution in [3.05, 3.63) is 109 Å². The molecule has 4 aromatic rings. The Morgan fingerprint density at radius 3 is 2.18 bits per heavy atom. The highest BCUT2D eigenvalue weighted by molar-refractivity contribution is 7.95. The normalized spacial score (nSPS) is 15.2. The van der Waals surface area contributed by atoms with Crippen molar-refractivity contribution in [3.8, 4) is 23.1 Å². The van der Waals surface area contributed by atoms with Crippen LogP contribution in [0.15, 0.2) is 60.8 Å². The Kier molecular flexibility index (Phi) is 17.0. The Morgan fingerprint density at radius 1 is 0.903 bits per heavy atom. The summed E-state index contributed by atoms with van der Waals surface area (Å²) in [6, 6.07) is 11.8. The zero-order chi connectivity index (χ0) is 45.4. The van der Waals surface area contributed by atoms with E-state index in [0.717, 1.165) is 80.7 Å². The number of nitrogens with one attached hydrogen (secondary N) is 2. The molecule has 3 aliphatic rings. The summed E-state index contributed by atoms with van der Waals surface area (Å²) in [5.74, 6) is -0.585. The van der Waals surface area contributed by atoms with E-state index in [0.29, 0.717) is 35.5 Å². The number of hydrogen-bond donors (Lipinski definition) is 2. The largest absolute Gasteiger partial charge is 0.489 e. The lowest BCUT2D eigenvalue weighted by atomic mass is 10.1. The van der Waals surface area contributed by atoms with Crippen LogP contribution in [0.5, 0.6) is 23.1 Å². The summed E-state index contributed by atoms with van der Waals surface area (Å²) in [6.07, 6.45) is 0.638. The molecule has 12 nitrogen and oxygen atoms in total. The first-order valence-electron chi connectivity index (χ1n) is 19.5. The van der Waals surface area contributed by atoms with Gasteiger partial charge in [-0.3, -0.25) is 14.3 Å². The van der Waals surface area contributed by atoms with Gasteiger partial charge in [-0.25, -0.2) is 18.4 Å². The van der Waals surface area contributed by atoms with Gasteiger partial charge in [0.25, 0.3) is 11.8 Å². The Balaban J connectivity index is 0.000000226. The van der Waals surface area contributed by atoms with E-state index in [2.05, 4.69) is 14.4 Å². The molecule has 1 aliphatic carbocycles. The van der Waals surface area contributed by atoms with Crippen LogP contribution in [0.3, 0.4) is 0 Å². The summed E-state index contributed by atoms with van der Waals surface area (Å²) in [7, 11) is -3.80. The molecule has 2 N–H and O–H groups in total. The van der Waals surface area contributed by atoms with Gasteiger partial charge in [0.05, 0.1) is 28.5 Å². The number of rotatable bonds is 14. The van der Waals surface area contributed by atoms with Crippen molar-refractivity contribution in [3.63, 3.8) is 0 Å². The molecule has 3 heterocycles. The molecule has 2 amide bonds. The van der Waals surface area contributed by atoms with Crippen LogP contribution in [0.2, 0.25) is 15.1 Å². The van der Waals surface area contributed by atoms with Crippen molar-refractivity contribution in [2.24, 2.45) is 0 Å². The molecule has 336 valence electrons. The van der Waals surface area contributed by atoms with Crippen LogP contribution in [0.25, 0.3) is 0 Å². The number of pyridine rings is 1. The number of alkyl halides is 3. The zero-order valence-electron chi connectivity index (χ0n) is 34.0. The standard InChI is InChI=1S/C21H24ClN3O5S.C18H14Cl2F4N2O2S.C2H6/c1-13(2)29-21-18(22)11-16(12-23-21)30-19-7-6-15(10-17(19)14-4-5-14)20(26)24-31(27,28)25-8-3-9-25;19-14-3-2-11(7-13(14)18(22,23)24)28-9-10-6-16(21)12(8-15(10)20)17(27)25-29-26-4-1-5-26;1-2/h6-7,10-14H,3-5,8-9H2,1-2H3,(H,24,26);2-3,6-8H,1,4-5,9H2,(H,25,27);1-2H3. The number of halogens is 7. The maximum absolute atomic E-state index is 14.3. The second-order valence-electron chi connectivity index (χ2n) is 14.1. The fraction of sp³-hybridized carbons (Fsp3) is 0.390. The Bertz CT molecular complexity index is 2350. The summed E-state index contributed by atoms with van der Waals surface area (Å²) >= 11 is 19.0. The molecule has 2 saturated heterocycles. The number of ether oxygens (including phenoxy) is 3. The molecular formula is C41H44Cl3F4N5O7S2. The molecule has 0 bridgehead atoms. The van der Waals surface area contributed by atoms with Gasteiger partial charge in [0.1, 0.15) is 34.7 Å². The summed E-state index contributed by atoms with van der Waals surface area (Å²) in [4.78, 5) is 28.9. The minimum absolute atomic E-state index is 0.0514. The lowest BCUT2D eigenvalue weighted by Crippen LogP contribution is -2.49. The monoisotopic (exact) mass is 963 g/mol. The van der Waals surface area contributed by atoms with Crippen LogP contribution in [-0.4, -0.2) is 66.1 Å². The van der Waals surface area contributed by atoms with Crippen molar-refractivity contribution in [1.29, 1.82) is 0 Å². The molecule has 0 spiro atoms. The number of carbonyl (C=O) groups is 2. The first-order chi connectivity index (χ1) is 29.4. The van der Waals surface area contributed by atoms with Gasteiger partial charge in [0, 0.05) is 60.5 Å².